The van der Waals surface area contributed by atoms with Gasteiger partial charge in [0.2, 0.25) is 6.17 Å². The summed E-state index contributed by atoms with van der Waals surface area (Å²) in [4.78, 5) is 12.3. The number of rotatable bonds is 5. The minimum Gasteiger partial charge on any atom is -0.372 e. The summed E-state index contributed by atoms with van der Waals surface area (Å²) in [6.45, 7) is 1.38. The summed E-state index contributed by atoms with van der Waals surface area (Å²) in [5.74, 6) is -0.345. The molecule has 1 aromatic rings. The molecule has 122 valence electrons. The largest absolute Gasteiger partial charge is 0.372 e. The van der Waals surface area contributed by atoms with E-state index in [9.17, 15) is 4.79 Å². The minimum atomic E-state index is -1.63. The van der Waals surface area contributed by atoms with Gasteiger partial charge in [-0.15, -0.1) is 0 Å². The lowest BCUT2D eigenvalue weighted by atomic mass is 10.2. The number of alkyl halides is 3. The van der Waals surface area contributed by atoms with Gasteiger partial charge in [0.05, 0.1) is 0 Å². The molecular weight excluding hydrogens is 370 g/mol. The van der Waals surface area contributed by atoms with Gasteiger partial charge in [0.15, 0.2) is 0 Å². The maximum atomic E-state index is 12.3. The van der Waals surface area contributed by atoms with Crippen LogP contribution >= 0.6 is 46.4 Å². The van der Waals surface area contributed by atoms with Crippen molar-refractivity contribution in [3.05, 3.63) is 34.9 Å². The molecule has 0 unspecified atom stereocenters. The predicted molar refractivity (Wildman–Crippen MR) is 88.8 cm³/mol. The first-order valence-corrected chi connectivity index (χ1v) is 8.45. The van der Waals surface area contributed by atoms with Crippen LogP contribution in [0.4, 0.5) is 0 Å². The van der Waals surface area contributed by atoms with Gasteiger partial charge in [0.1, 0.15) is 12.6 Å². The zero-order valence-corrected chi connectivity index (χ0v) is 14.7. The highest BCUT2D eigenvalue weighted by atomic mass is 35.6. The highest BCUT2D eigenvalue weighted by Crippen LogP contribution is 2.27. The molecule has 1 heterocycles. The van der Waals surface area contributed by atoms with Crippen LogP contribution in [0.2, 0.25) is 5.02 Å². The van der Waals surface area contributed by atoms with Gasteiger partial charge in [-0.2, -0.15) is 0 Å². The number of nitrogens with two attached hydrogens (primary N) is 1. The summed E-state index contributed by atoms with van der Waals surface area (Å²) in [5, 5.41) is 4.98. The first-order valence-electron chi connectivity index (χ1n) is 6.94. The van der Waals surface area contributed by atoms with Crippen LogP contribution in [0.3, 0.4) is 0 Å². The van der Waals surface area contributed by atoms with Crippen LogP contribution < -0.4 is 10.6 Å². The molecule has 1 aliphatic heterocycles. The van der Waals surface area contributed by atoms with Crippen molar-refractivity contribution in [2.45, 2.75) is 28.9 Å². The molecule has 2 atom stereocenters. The molecule has 0 saturated carbocycles. The molecule has 0 bridgehead atoms. The number of carbonyl (C=O) groups is 1. The van der Waals surface area contributed by atoms with Gasteiger partial charge in [0, 0.05) is 17.2 Å². The molecule has 4 nitrogen and oxygen atoms in total. The molecule has 1 aliphatic rings. The average molecular weight is 387 g/mol. The molecule has 1 saturated heterocycles. The second-order valence-corrected chi connectivity index (χ2v) is 7.91. The lowest BCUT2D eigenvalue weighted by molar-refractivity contribution is -0.697. The molecule has 1 aromatic carbocycles. The van der Waals surface area contributed by atoms with Gasteiger partial charge >= 0.3 is 0 Å². The Bertz CT molecular complexity index is 516. The van der Waals surface area contributed by atoms with Gasteiger partial charge in [-0.25, -0.2) is 0 Å². The summed E-state index contributed by atoms with van der Waals surface area (Å²) in [6.07, 6.45) is 1.42. The molecule has 0 spiro atoms. The van der Waals surface area contributed by atoms with E-state index in [0.717, 1.165) is 19.4 Å². The zero-order chi connectivity index (χ0) is 16.2. The Hall–Kier alpha value is -0.230. The fourth-order valence-corrected chi connectivity index (χ4v) is 2.87. The molecule has 3 N–H and O–H groups in total. The van der Waals surface area contributed by atoms with Crippen LogP contribution in [0.1, 0.15) is 23.2 Å². The monoisotopic (exact) mass is 385 g/mol. The van der Waals surface area contributed by atoms with E-state index < -0.39 is 9.96 Å². The molecule has 8 heteroatoms. The Morgan fingerprint density at radius 2 is 2.23 bits per heavy atom. The van der Waals surface area contributed by atoms with E-state index in [1.54, 1.807) is 29.6 Å². The Morgan fingerprint density at radius 3 is 2.82 bits per heavy atom. The number of benzene rings is 1. The number of ether oxygens (including phenoxy) is 1. The average Bonchev–Trinajstić information content (AvgIpc) is 2.95. The van der Waals surface area contributed by atoms with Gasteiger partial charge < -0.3 is 10.1 Å². The molecule has 22 heavy (non-hydrogen) atoms. The number of halogens is 4. The molecule has 1 fully saturated rings. The zero-order valence-electron chi connectivity index (χ0n) is 11.7. The van der Waals surface area contributed by atoms with Crippen LogP contribution in [0.15, 0.2) is 24.3 Å². The summed E-state index contributed by atoms with van der Waals surface area (Å²) < 4.78 is 3.90. The van der Waals surface area contributed by atoms with Crippen LogP contribution in [-0.4, -0.2) is 35.1 Å². The van der Waals surface area contributed by atoms with E-state index in [-0.39, 0.29) is 12.0 Å². The number of nitrogens with one attached hydrogen (secondary N) is 1. The predicted octanol–water partition coefficient (Wildman–Crippen LogP) is 2.51. The fourth-order valence-electron chi connectivity index (χ4n) is 2.25. The Kier molecular flexibility index (Phi) is 6.62. The van der Waals surface area contributed by atoms with E-state index in [4.69, 9.17) is 51.1 Å². The number of carbonyl (C=O) groups excluding carboxylic acids is 1. The number of amides is 1. The van der Waals surface area contributed by atoms with Crippen LogP contribution in [0, 0.1) is 0 Å². The summed E-state index contributed by atoms with van der Waals surface area (Å²) in [5.41, 5.74) is 0.414. The molecule has 2 rings (SSSR count). The maximum Gasteiger partial charge on any atom is 0.262 e. The SMILES string of the molecule is O=C(N[C@H]([NH2+]C[C@@H]1CCCO1)C(Cl)(Cl)Cl)c1cccc(Cl)c1. The molecular formula is C14H17Cl4N2O2+. The number of quaternary nitrogens is 1. The molecule has 0 aliphatic carbocycles. The lowest BCUT2D eigenvalue weighted by Crippen LogP contribution is -2.97. The Morgan fingerprint density at radius 1 is 1.45 bits per heavy atom. The van der Waals surface area contributed by atoms with Crippen molar-refractivity contribution in [3.8, 4) is 0 Å². The Labute approximate surface area is 149 Å². The third-order valence-electron chi connectivity index (χ3n) is 3.38. The quantitative estimate of drug-likeness (QED) is 0.603. The van der Waals surface area contributed by atoms with Gasteiger partial charge in [-0.1, -0.05) is 52.5 Å². The highest BCUT2D eigenvalue weighted by molar-refractivity contribution is 6.68. The fraction of sp³-hybridized carbons (Fsp3) is 0.500. The third-order valence-corrected chi connectivity index (χ3v) is 4.33. The van der Waals surface area contributed by atoms with Crippen molar-refractivity contribution in [2.24, 2.45) is 0 Å². The van der Waals surface area contributed by atoms with Crippen molar-refractivity contribution < 1.29 is 14.8 Å². The van der Waals surface area contributed by atoms with Crippen LogP contribution in [0.25, 0.3) is 0 Å². The summed E-state index contributed by atoms with van der Waals surface area (Å²) in [6, 6.07) is 6.59. The Balaban J connectivity index is 1.98. The summed E-state index contributed by atoms with van der Waals surface area (Å²) in [7, 11) is 0. The number of hydrogen-bond acceptors (Lipinski definition) is 2. The van der Waals surface area contributed by atoms with Crippen molar-refractivity contribution in [1.29, 1.82) is 0 Å². The van der Waals surface area contributed by atoms with E-state index in [1.165, 1.54) is 0 Å². The van der Waals surface area contributed by atoms with E-state index in [0.29, 0.717) is 17.1 Å². The van der Waals surface area contributed by atoms with E-state index in [2.05, 4.69) is 5.32 Å². The third kappa shape index (κ3) is 5.44. The van der Waals surface area contributed by atoms with Crippen molar-refractivity contribution in [2.75, 3.05) is 13.2 Å². The van der Waals surface area contributed by atoms with Gasteiger partial charge in [-0.05, 0) is 31.0 Å². The molecule has 1 amide bonds. The highest BCUT2D eigenvalue weighted by Gasteiger charge is 2.38. The minimum absolute atomic E-state index is 0.123. The second-order valence-electron chi connectivity index (χ2n) is 5.11. The smallest absolute Gasteiger partial charge is 0.262 e. The summed E-state index contributed by atoms with van der Waals surface area (Å²) >= 11 is 23.8. The number of hydrogen-bond donors (Lipinski definition) is 2. The van der Waals surface area contributed by atoms with Gasteiger partial charge in [0.25, 0.3) is 9.70 Å². The first kappa shape index (κ1) is 18.1. The van der Waals surface area contributed by atoms with Crippen molar-refractivity contribution in [3.63, 3.8) is 0 Å². The van der Waals surface area contributed by atoms with Crippen molar-refractivity contribution in [1.82, 2.24) is 5.32 Å². The second kappa shape index (κ2) is 8.04. The first-order chi connectivity index (χ1) is 10.4. The normalized spacial score (nSPS) is 19.9. The van der Waals surface area contributed by atoms with Crippen LogP contribution in [0.5, 0.6) is 0 Å². The van der Waals surface area contributed by atoms with Crippen LogP contribution in [-0.2, 0) is 4.74 Å². The molecule has 0 aromatic heterocycles. The topological polar surface area (TPSA) is 54.9 Å². The van der Waals surface area contributed by atoms with Gasteiger partial charge in [-0.3, -0.25) is 10.1 Å². The van der Waals surface area contributed by atoms with E-state index in [1.807, 2.05) is 0 Å². The molecule has 0 radical (unpaired) electrons. The van der Waals surface area contributed by atoms with E-state index >= 15 is 0 Å². The maximum absolute atomic E-state index is 12.3. The van der Waals surface area contributed by atoms with Crippen molar-refractivity contribution >= 4 is 52.3 Å². The standard InChI is InChI=1S/C14H16Cl4N2O2/c15-10-4-1-3-9(7-10)12(21)20-13(14(16,17)18)19-8-11-5-2-6-22-11/h1,3-4,7,11,13,19H,2,5-6,8H2,(H,20,21)/p+1/t11-,13-/m0/s1. The lowest BCUT2D eigenvalue weighted by Gasteiger charge is -2.24.